The zero-order valence-corrected chi connectivity index (χ0v) is 23.2. The van der Waals surface area contributed by atoms with E-state index in [1.807, 2.05) is 41.5 Å². The van der Waals surface area contributed by atoms with Gasteiger partial charge in [-0.15, -0.1) is 0 Å². The monoisotopic (exact) mass is 555 g/mol. The van der Waals surface area contributed by atoms with Gasteiger partial charge in [0.25, 0.3) is 0 Å². The molecule has 9 nitrogen and oxygen atoms in total. The molecule has 1 unspecified atom stereocenters. The summed E-state index contributed by atoms with van der Waals surface area (Å²) in [5, 5.41) is 8.80. The van der Waals surface area contributed by atoms with Crippen LogP contribution in [-0.4, -0.2) is 42.8 Å². The topological polar surface area (TPSA) is 106 Å². The third kappa shape index (κ3) is 8.37. The largest absolute Gasteiger partial charge is 0.446 e. The third-order valence-corrected chi connectivity index (χ3v) is 5.22. The van der Waals surface area contributed by atoms with Crippen molar-refractivity contribution in [1.82, 2.24) is 24.8 Å². The minimum absolute atomic E-state index is 0.0756. The fourth-order valence-corrected chi connectivity index (χ4v) is 3.70. The first kappa shape index (κ1) is 29.3. The van der Waals surface area contributed by atoms with Crippen LogP contribution in [0.5, 0.6) is 0 Å². The van der Waals surface area contributed by atoms with Gasteiger partial charge in [0.05, 0.1) is 11.8 Å². The Labute approximate surface area is 224 Å². The predicted molar refractivity (Wildman–Crippen MR) is 142 cm³/mol. The molecule has 3 N–H and O–H groups in total. The lowest BCUT2D eigenvalue weighted by Gasteiger charge is -2.22. The van der Waals surface area contributed by atoms with Gasteiger partial charge in [0, 0.05) is 34.8 Å². The van der Waals surface area contributed by atoms with Crippen molar-refractivity contribution >= 4 is 46.4 Å². The van der Waals surface area contributed by atoms with Crippen LogP contribution in [0.4, 0.5) is 35.5 Å². The van der Waals surface area contributed by atoms with Crippen molar-refractivity contribution in [2.75, 3.05) is 10.6 Å². The summed E-state index contributed by atoms with van der Waals surface area (Å²) < 4.78 is 47.2. The van der Waals surface area contributed by atoms with E-state index in [2.05, 4.69) is 30.9 Å². The number of nitrogens with one attached hydrogen (secondary N) is 3. The van der Waals surface area contributed by atoms with Gasteiger partial charge in [0.2, 0.25) is 11.9 Å². The molecule has 0 saturated carbocycles. The van der Waals surface area contributed by atoms with E-state index >= 15 is 0 Å². The number of hydrogen-bond donors (Lipinski definition) is 3. The van der Waals surface area contributed by atoms with Crippen LogP contribution in [0.3, 0.4) is 0 Å². The van der Waals surface area contributed by atoms with Gasteiger partial charge in [-0.05, 0) is 66.7 Å². The molecule has 0 fully saturated rings. The van der Waals surface area contributed by atoms with Crippen LogP contribution in [-0.2, 0) is 17.5 Å². The number of anilines is 3. The van der Waals surface area contributed by atoms with E-state index in [0.717, 1.165) is 12.1 Å². The molecule has 2 aromatic heterocycles. The van der Waals surface area contributed by atoms with E-state index in [4.69, 9.17) is 16.3 Å². The van der Waals surface area contributed by atoms with Gasteiger partial charge in [-0.25, -0.2) is 14.8 Å². The number of imidazole rings is 1. The number of hydrogen-bond acceptors (Lipinski definition) is 7. The van der Waals surface area contributed by atoms with Crippen LogP contribution in [0.15, 0.2) is 24.4 Å². The Balaban J connectivity index is 1.94. The Hall–Kier alpha value is -3.28. The number of nitrogens with zero attached hydrogens (tertiary/aromatic N) is 4. The fourth-order valence-electron chi connectivity index (χ4n) is 3.46. The van der Waals surface area contributed by atoms with Crippen LogP contribution in [0.25, 0.3) is 11.2 Å². The molecular formula is C25H33ClF3N7O2. The average molecular weight is 556 g/mol. The predicted octanol–water partition coefficient (Wildman–Crippen LogP) is 6.76. The van der Waals surface area contributed by atoms with Crippen molar-refractivity contribution in [3.8, 4) is 0 Å². The minimum Gasteiger partial charge on any atom is -0.446 e. The van der Waals surface area contributed by atoms with Crippen LogP contribution in [0, 0.1) is 0 Å². The maximum atomic E-state index is 13.4. The van der Waals surface area contributed by atoms with E-state index in [9.17, 15) is 18.0 Å². The number of alkyl carbamates (subject to hydrolysis) is 1. The second-order valence-electron chi connectivity index (χ2n) is 11.1. The maximum absolute atomic E-state index is 13.4. The molecule has 0 aliphatic heterocycles. The van der Waals surface area contributed by atoms with Crippen molar-refractivity contribution in [3.05, 3.63) is 35.0 Å². The van der Waals surface area contributed by atoms with Crippen LogP contribution in [0.2, 0.25) is 5.02 Å². The summed E-state index contributed by atoms with van der Waals surface area (Å²) in [4.78, 5) is 25.6. The Kier molecular flexibility index (Phi) is 8.35. The number of halogens is 4. The quantitative estimate of drug-likeness (QED) is 0.296. The molecule has 1 atom stereocenters. The van der Waals surface area contributed by atoms with E-state index in [0.29, 0.717) is 30.1 Å². The lowest BCUT2D eigenvalue weighted by molar-refractivity contribution is -0.137. The summed E-state index contributed by atoms with van der Waals surface area (Å²) in [6.07, 6.45) is -3.67. The Morgan fingerprint density at radius 2 is 1.76 bits per heavy atom. The zero-order chi connectivity index (χ0) is 28.5. The first-order valence-corrected chi connectivity index (χ1v) is 12.4. The minimum atomic E-state index is -4.57. The number of rotatable bonds is 7. The molecule has 3 aromatic rings. The first-order valence-electron chi connectivity index (χ1n) is 12.0. The zero-order valence-electron chi connectivity index (χ0n) is 22.4. The van der Waals surface area contributed by atoms with Gasteiger partial charge in [0.1, 0.15) is 11.6 Å². The molecule has 0 radical (unpaired) electrons. The number of fused-ring (bicyclic) bond motifs is 1. The van der Waals surface area contributed by atoms with Crippen molar-refractivity contribution in [1.29, 1.82) is 0 Å². The highest BCUT2D eigenvalue weighted by atomic mass is 35.5. The average Bonchev–Trinajstić information content (AvgIpc) is 3.04. The molecule has 1 amide bonds. The van der Waals surface area contributed by atoms with Gasteiger partial charge in [-0.3, -0.25) is 4.57 Å². The van der Waals surface area contributed by atoms with Crippen molar-refractivity contribution < 1.29 is 22.7 Å². The molecule has 208 valence electrons. The molecule has 38 heavy (non-hydrogen) atoms. The summed E-state index contributed by atoms with van der Waals surface area (Å²) in [6.45, 7) is 13.5. The molecule has 13 heteroatoms. The number of carbonyl (C=O) groups is 1. The van der Waals surface area contributed by atoms with Gasteiger partial charge in [-0.2, -0.15) is 18.2 Å². The summed E-state index contributed by atoms with van der Waals surface area (Å²) in [5.41, 5.74) is -0.650. The maximum Gasteiger partial charge on any atom is 0.416 e. The highest BCUT2D eigenvalue weighted by Crippen LogP contribution is 2.34. The first-order chi connectivity index (χ1) is 17.4. The van der Waals surface area contributed by atoms with Crippen LogP contribution in [0.1, 0.15) is 60.5 Å². The molecule has 3 rings (SSSR count). The third-order valence-electron chi connectivity index (χ3n) is 5.00. The lowest BCUT2D eigenvalue weighted by Crippen LogP contribution is -2.42. The normalized spacial score (nSPS) is 13.3. The number of alkyl halides is 3. The second kappa shape index (κ2) is 10.8. The Morgan fingerprint density at radius 3 is 2.37 bits per heavy atom. The molecule has 0 aliphatic carbocycles. The van der Waals surface area contributed by atoms with Gasteiger partial charge >= 0.3 is 12.3 Å². The Bertz CT molecular complexity index is 1300. The second-order valence-corrected chi connectivity index (χ2v) is 11.5. The summed E-state index contributed by atoms with van der Waals surface area (Å²) >= 11 is 5.97. The number of aryl methyl sites for hydroxylation is 1. The highest BCUT2D eigenvalue weighted by molar-refractivity contribution is 6.31. The Morgan fingerprint density at radius 1 is 1.08 bits per heavy atom. The van der Waals surface area contributed by atoms with Crippen LogP contribution >= 0.6 is 11.6 Å². The van der Waals surface area contributed by atoms with E-state index < -0.39 is 29.5 Å². The van der Waals surface area contributed by atoms with Crippen LogP contribution < -0.4 is 16.0 Å². The summed E-state index contributed by atoms with van der Waals surface area (Å²) in [7, 11) is 0. The molecule has 0 saturated heterocycles. The molecule has 0 bridgehead atoms. The van der Waals surface area contributed by atoms with Gasteiger partial charge in [0.15, 0.2) is 5.65 Å². The number of benzene rings is 1. The van der Waals surface area contributed by atoms with Gasteiger partial charge in [-0.1, -0.05) is 11.6 Å². The SMILES string of the molecule is CC(CCn1c(Nc2cc(Cl)cc(C(F)(F)F)c2)nc2cnc(NC(C)(C)C)nc21)OC(=O)NC(C)(C)C. The summed E-state index contributed by atoms with van der Waals surface area (Å²) in [6, 6.07) is 3.19. The van der Waals surface area contributed by atoms with E-state index in [1.165, 1.54) is 12.3 Å². The van der Waals surface area contributed by atoms with Crippen molar-refractivity contribution in [3.63, 3.8) is 0 Å². The summed E-state index contributed by atoms with van der Waals surface area (Å²) in [5.74, 6) is 0.609. The fraction of sp³-hybridized carbons (Fsp3) is 0.520. The molecule has 0 aliphatic rings. The van der Waals surface area contributed by atoms with Crippen molar-refractivity contribution in [2.45, 2.75) is 84.8 Å². The van der Waals surface area contributed by atoms with E-state index in [-0.39, 0.29) is 22.2 Å². The molecule has 0 spiro atoms. The lowest BCUT2D eigenvalue weighted by atomic mass is 10.1. The molecular weight excluding hydrogens is 523 g/mol. The number of aromatic nitrogens is 4. The van der Waals surface area contributed by atoms with Crippen molar-refractivity contribution in [2.24, 2.45) is 0 Å². The van der Waals surface area contributed by atoms with E-state index in [1.54, 1.807) is 11.5 Å². The number of ether oxygens (including phenoxy) is 1. The van der Waals surface area contributed by atoms with Gasteiger partial charge < -0.3 is 20.7 Å². The smallest absolute Gasteiger partial charge is 0.416 e. The highest BCUT2D eigenvalue weighted by Gasteiger charge is 2.31. The standard InChI is InChI=1S/C25H33ClF3N7O2/c1-14(38-22(37)35-24(5,6)7)8-9-36-19-18(13-30-20(33-19)34-23(2,3)4)32-21(36)31-17-11-15(25(27,28)29)10-16(26)12-17/h10-14H,8-9H2,1-7H3,(H,31,32)(H,35,37)(H,30,33,34). The molecule has 1 aromatic carbocycles. The number of carbonyl (C=O) groups excluding carboxylic acids is 1. The molecule has 2 heterocycles. The number of amides is 1.